The van der Waals surface area contributed by atoms with Crippen LogP contribution >= 0.6 is 22.6 Å². The Kier molecular flexibility index (Phi) is 7.86. The Morgan fingerprint density at radius 2 is 1.67 bits per heavy atom. The molecule has 1 aromatic rings. The molecule has 3 heteroatoms. The summed E-state index contributed by atoms with van der Waals surface area (Å²) in [4.78, 5) is 0. The number of nitrogens with one attached hydrogen (secondary N) is 1. The van der Waals surface area contributed by atoms with Gasteiger partial charge in [-0.15, -0.1) is 0 Å². The van der Waals surface area contributed by atoms with E-state index in [2.05, 4.69) is 66.1 Å². The van der Waals surface area contributed by atoms with Gasteiger partial charge in [0.05, 0.1) is 0 Å². The van der Waals surface area contributed by atoms with Gasteiger partial charge in [-0.25, -0.2) is 0 Å². The number of nitrogens with two attached hydrogens (primary N) is 1. The zero-order valence-corrected chi connectivity index (χ0v) is 13.6. The number of hydrazine groups is 1. The van der Waals surface area contributed by atoms with Gasteiger partial charge in [-0.2, -0.15) is 0 Å². The molecule has 0 radical (unpaired) electrons. The van der Waals surface area contributed by atoms with Crippen LogP contribution in [0.2, 0.25) is 0 Å². The van der Waals surface area contributed by atoms with Crippen molar-refractivity contribution in [1.82, 2.24) is 5.43 Å². The number of halogens is 1. The molecule has 102 valence electrons. The quantitative estimate of drug-likeness (QED) is 0.419. The molecule has 0 amide bonds. The van der Waals surface area contributed by atoms with Crippen molar-refractivity contribution >= 4 is 22.6 Å². The van der Waals surface area contributed by atoms with Gasteiger partial charge in [0.25, 0.3) is 0 Å². The lowest BCUT2D eigenvalue weighted by atomic mass is 9.87. The lowest BCUT2D eigenvalue weighted by Crippen LogP contribution is -2.42. The molecular formula is C15H25IN2. The number of rotatable bonds is 8. The molecule has 1 atom stereocenters. The maximum Gasteiger partial charge on any atom is 0.0279 e. The molecular weight excluding hydrogens is 335 g/mol. The van der Waals surface area contributed by atoms with Crippen LogP contribution in [0.4, 0.5) is 0 Å². The molecule has 18 heavy (non-hydrogen) atoms. The number of hydrogen-bond donors (Lipinski definition) is 2. The van der Waals surface area contributed by atoms with Crippen LogP contribution in [0.15, 0.2) is 24.3 Å². The molecule has 0 saturated heterocycles. The van der Waals surface area contributed by atoms with Crippen LogP contribution in [0.5, 0.6) is 0 Å². The van der Waals surface area contributed by atoms with E-state index in [-0.39, 0.29) is 0 Å². The topological polar surface area (TPSA) is 38.0 Å². The molecule has 0 spiro atoms. The molecule has 0 fully saturated rings. The summed E-state index contributed by atoms with van der Waals surface area (Å²) < 4.78 is 1.28. The third-order valence-electron chi connectivity index (χ3n) is 3.47. The van der Waals surface area contributed by atoms with Crippen LogP contribution in [-0.2, 0) is 6.42 Å². The largest absolute Gasteiger partial charge is 0.271 e. The highest BCUT2D eigenvalue weighted by atomic mass is 127. The van der Waals surface area contributed by atoms with E-state index in [9.17, 15) is 0 Å². The summed E-state index contributed by atoms with van der Waals surface area (Å²) in [5.74, 6) is 6.44. The van der Waals surface area contributed by atoms with Crippen molar-refractivity contribution in [3.05, 3.63) is 33.4 Å². The molecule has 0 aliphatic carbocycles. The Hall–Kier alpha value is -0.130. The molecule has 0 bridgehead atoms. The average molecular weight is 360 g/mol. The summed E-state index contributed by atoms with van der Waals surface area (Å²) in [6.07, 6.45) is 6.00. The fourth-order valence-corrected chi connectivity index (χ4v) is 2.88. The van der Waals surface area contributed by atoms with Gasteiger partial charge in [0.1, 0.15) is 0 Å². The third-order valence-corrected chi connectivity index (χ3v) is 4.19. The van der Waals surface area contributed by atoms with Crippen molar-refractivity contribution in [2.75, 3.05) is 0 Å². The fourth-order valence-electron chi connectivity index (χ4n) is 2.52. The third kappa shape index (κ3) is 5.24. The Labute approximate surface area is 125 Å². The van der Waals surface area contributed by atoms with Gasteiger partial charge in [-0.1, -0.05) is 38.8 Å². The molecule has 1 rings (SSSR count). The van der Waals surface area contributed by atoms with Gasteiger partial charge in [0.2, 0.25) is 0 Å². The Morgan fingerprint density at radius 1 is 1.11 bits per heavy atom. The molecule has 0 aliphatic rings. The van der Waals surface area contributed by atoms with Crippen LogP contribution in [-0.4, -0.2) is 6.04 Å². The predicted molar refractivity (Wildman–Crippen MR) is 87.3 cm³/mol. The van der Waals surface area contributed by atoms with E-state index in [1.54, 1.807) is 0 Å². The van der Waals surface area contributed by atoms with E-state index in [0.717, 1.165) is 6.42 Å². The van der Waals surface area contributed by atoms with Crippen molar-refractivity contribution in [2.45, 2.75) is 52.0 Å². The van der Waals surface area contributed by atoms with Gasteiger partial charge < -0.3 is 0 Å². The molecule has 3 N–H and O–H groups in total. The standard InChI is InChI=1S/C15H25IN2/c1-3-5-13(6-4-2)15(18-17)11-12-7-9-14(16)10-8-12/h7-10,13,15,18H,3-6,11,17H2,1-2H3. The van der Waals surface area contributed by atoms with Crippen LogP contribution in [0.3, 0.4) is 0 Å². The van der Waals surface area contributed by atoms with Gasteiger partial charge in [0, 0.05) is 9.61 Å². The van der Waals surface area contributed by atoms with E-state index in [1.807, 2.05) is 0 Å². The van der Waals surface area contributed by atoms with Gasteiger partial charge in [-0.05, 0) is 65.5 Å². The minimum Gasteiger partial charge on any atom is -0.271 e. The molecule has 0 aromatic heterocycles. The molecule has 0 heterocycles. The van der Waals surface area contributed by atoms with Gasteiger partial charge in [-0.3, -0.25) is 11.3 Å². The maximum atomic E-state index is 5.76. The highest BCUT2D eigenvalue weighted by molar-refractivity contribution is 14.1. The van der Waals surface area contributed by atoms with Crippen LogP contribution in [0.1, 0.15) is 45.1 Å². The zero-order chi connectivity index (χ0) is 13.4. The van der Waals surface area contributed by atoms with E-state index in [0.29, 0.717) is 12.0 Å². The first kappa shape index (κ1) is 15.9. The number of hydrogen-bond acceptors (Lipinski definition) is 2. The summed E-state index contributed by atoms with van der Waals surface area (Å²) in [5.41, 5.74) is 4.40. The average Bonchev–Trinajstić information content (AvgIpc) is 2.38. The normalized spacial score (nSPS) is 12.9. The highest BCUT2D eigenvalue weighted by Crippen LogP contribution is 2.21. The lowest BCUT2D eigenvalue weighted by molar-refractivity contribution is 0.311. The first-order valence-corrected chi connectivity index (χ1v) is 7.99. The van der Waals surface area contributed by atoms with Crippen molar-refractivity contribution in [3.8, 4) is 0 Å². The Bertz CT molecular complexity index is 318. The second-order valence-corrected chi connectivity index (χ2v) is 6.19. The zero-order valence-electron chi connectivity index (χ0n) is 11.5. The van der Waals surface area contributed by atoms with E-state index >= 15 is 0 Å². The van der Waals surface area contributed by atoms with Gasteiger partial charge in [0.15, 0.2) is 0 Å². The summed E-state index contributed by atoms with van der Waals surface area (Å²) >= 11 is 2.34. The highest BCUT2D eigenvalue weighted by Gasteiger charge is 2.19. The minimum absolute atomic E-state index is 0.393. The summed E-state index contributed by atoms with van der Waals surface area (Å²) in [6, 6.07) is 9.14. The second kappa shape index (κ2) is 8.88. The lowest BCUT2D eigenvalue weighted by Gasteiger charge is -2.26. The van der Waals surface area contributed by atoms with E-state index < -0.39 is 0 Å². The molecule has 0 saturated carbocycles. The summed E-state index contributed by atoms with van der Waals surface area (Å²) in [6.45, 7) is 4.50. The van der Waals surface area contributed by atoms with Crippen molar-refractivity contribution in [1.29, 1.82) is 0 Å². The first-order valence-electron chi connectivity index (χ1n) is 6.91. The minimum atomic E-state index is 0.393. The SMILES string of the molecule is CCCC(CCC)C(Cc1ccc(I)cc1)NN. The van der Waals surface area contributed by atoms with Crippen LogP contribution in [0.25, 0.3) is 0 Å². The molecule has 1 aromatic carbocycles. The number of benzene rings is 1. The van der Waals surface area contributed by atoms with E-state index in [1.165, 1.54) is 34.8 Å². The molecule has 2 nitrogen and oxygen atoms in total. The summed E-state index contributed by atoms with van der Waals surface area (Å²) in [5, 5.41) is 0. The second-order valence-electron chi connectivity index (χ2n) is 4.94. The smallest absolute Gasteiger partial charge is 0.0279 e. The Morgan fingerprint density at radius 3 is 2.11 bits per heavy atom. The monoisotopic (exact) mass is 360 g/mol. The van der Waals surface area contributed by atoms with Crippen LogP contribution < -0.4 is 11.3 Å². The van der Waals surface area contributed by atoms with Crippen LogP contribution in [0, 0.1) is 9.49 Å². The Balaban J connectivity index is 2.66. The molecule has 1 unspecified atom stereocenters. The van der Waals surface area contributed by atoms with Crippen molar-refractivity contribution in [3.63, 3.8) is 0 Å². The van der Waals surface area contributed by atoms with E-state index in [4.69, 9.17) is 5.84 Å². The fraction of sp³-hybridized carbons (Fsp3) is 0.600. The first-order chi connectivity index (χ1) is 8.71. The molecule has 0 aliphatic heterocycles. The van der Waals surface area contributed by atoms with Gasteiger partial charge >= 0.3 is 0 Å². The van der Waals surface area contributed by atoms with Crippen molar-refractivity contribution < 1.29 is 0 Å². The maximum absolute atomic E-state index is 5.76. The summed E-state index contributed by atoms with van der Waals surface area (Å²) in [7, 11) is 0. The van der Waals surface area contributed by atoms with Crippen molar-refractivity contribution in [2.24, 2.45) is 11.8 Å². The predicted octanol–water partition coefficient (Wildman–Crippen LogP) is 3.88.